The smallest absolute Gasteiger partial charge is 0.407 e. The zero-order valence-corrected chi connectivity index (χ0v) is 23.5. The van der Waals surface area contributed by atoms with Crippen LogP contribution in [0.4, 0.5) is 4.79 Å². The van der Waals surface area contributed by atoms with Crippen LogP contribution in [0.2, 0.25) is 0 Å². The first kappa shape index (κ1) is 28.7. The number of carbonyl (C=O) groups is 2. The highest BCUT2D eigenvalue weighted by atomic mass is 16.6. The van der Waals surface area contributed by atoms with E-state index in [4.69, 9.17) is 14.2 Å². The number of esters is 1. The number of amides is 1. The molecule has 2 N–H and O–H groups in total. The number of fused-ring (bicyclic) bond motifs is 3. The van der Waals surface area contributed by atoms with E-state index >= 15 is 0 Å². The van der Waals surface area contributed by atoms with Gasteiger partial charge in [0, 0.05) is 30.4 Å². The standard InChI is InChI=1S/C29H47NO6/c1-15(2)30-28(33)35-20(7)26-18(5)13-19(6)29(8)21(14-23(34-9)27(32)36-26)10-11-22-16(3)12-17(4)25(31)24(22)29/h10-11,13,15-18,20-26,31H,12,14H2,1-9H3,(H,30,33)/b19-13+/t16-,17-,18+,20+,21+,22-,23-,24-,25+,26-,29+/m0/s1. The summed E-state index contributed by atoms with van der Waals surface area (Å²) < 4.78 is 17.2. The van der Waals surface area contributed by atoms with Gasteiger partial charge in [0.05, 0.1) is 6.10 Å². The summed E-state index contributed by atoms with van der Waals surface area (Å²) in [7, 11) is 1.53. The van der Waals surface area contributed by atoms with Gasteiger partial charge in [-0.15, -0.1) is 0 Å². The Balaban J connectivity index is 2.05. The first-order valence-electron chi connectivity index (χ1n) is 13.6. The van der Waals surface area contributed by atoms with E-state index in [1.807, 2.05) is 20.8 Å². The minimum Gasteiger partial charge on any atom is -0.456 e. The highest BCUT2D eigenvalue weighted by Gasteiger charge is 2.55. The van der Waals surface area contributed by atoms with Gasteiger partial charge < -0.3 is 24.6 Å². The number of rotatable bonds is 4. The van der Waals surface area contributed by atoms with Gasteiger partial charge in [-0.1, -0.05) is 51.5 Å². The fraction of sp³-hybridized carbons (Fsp3) is 0.793. The molecule has 36 heavy (non-hydrogen) atoms. The molecule has 0 radical (unpaired) electrons. The summed E-state index contributed by atoms with van der Waals surface area (Å²) in [6.07, 6.45) is 5.04. The maximum Gasteiger partial charge on any atom is 0.407 e. The van der Waals surface area contributed by atoms with E-state index in [9.17, 15) is 14.7 Å². The summed E-state index contributed by atoms with van der Waals surface area (Å²) in [5.74, 6) is 0.307. The molecule has 3 rings (SSSR count). The minimum absolute atomic E-state index is 0.00823. The quantitative estimate of drug-likeness (QED) is 0.418. The highest BCUT2D eigenvalue weighted by Crippen LogP contribution is 2.58. The second kappa shape index (κ2) is 11.3. The molecule has 1 saturated carbocycles. The van der Waals surface area contributed by atoms with E-state index in [0.717, 1.165) is 12.0 Å². The molecule has 1 aliphatic heterocycles. The normalized spacial score (nSPS) is 43.4. The Bertz CT molecular complexity index is 868. The van der Waals surface area contributed by atoms with Crippen LogP contribution in [-0.4, -0.2) is 54.7 Å². The van der Waals surface area contributed by atoms with E-state index < -0.39 is 36.5 Å². The van der Waals surface area contributed by atoms with E-state index in [2.05, 4.69) is 51.2 Å². The Morgan fingerprint density at radius 3 is 2.44 bits per heavy atom. The van der Waals surface area contributed by atoms with Gasteiger partial charge in [0.15, 0.2) is 6.10 Å². The summed E-state index contributed by atoms with van der Waals surface area (Å²) in [5, 5.41) is 14.2. The molecule has 7 heteroatoms. The van der Waals surface area contributed by atoms with Gasteiger partial charge in [-0.3, -0.25) is 0 Å². The first-order chi connectivity index (χ1) is 16.8. The number of aliphatic hydroxyl groups is 1. The Kier molecular flexibility index (Phi) is 8.98. The number of hydrogen-bond acceptors (Lipinski definition) is 6. The topological polar surface area (TPSA) is 94.1 Å². The van der Waals surface area contributed by atoms with E-state index in [1.54, 1.807) is 6.92 Å². The van der Waals surface area contributed by atoms with Crippen molar-refractivity contribution < 1.29 is 28.9 Å². The van der Waals surface area contributed by atoms with E-state index in [-0.39, 0.29) is 41.0 Å². The molecule has 0 bridgehead atoms. The molecule has 204 valence electrons. The molecule has 0 aromatic heterocycles. The van der Waals surface area contributed by atoms with Crippen LogP contribution >= 0.6 is 0 Å². The van der Waals surface area contributed by atoms with Crippen molar-refractivity contribution in [2.45, 2.75) is 98.7 Å². The molecular formula is C29H47NO6. The average molecular weight is 506 g/mol. The molecule has 7 nitrogen and oxygen atoms in total. The fourth-order valence-corrected chi connectivity index (χ4v) is 7.01. The summed E-state index contributed by atoms with van der Waals surface area (Å²) in [6, 6.07) is -0.0652. The predicted molar refractivity (Wildman–Crippen MR) is 139 cm³/mol. The van der Waals surface area contributed by atoms with Gasteiger partial charge in [0.1, 0.15) is 12.2 Å². The maximum atomic E-state index is 13.3. The van der Waals surface area contributed by atoms with Gasteiger partial charge in [0.25, 0.3) is 0 Å². The van der Waals surface area contributed by atoms with Crippen molar-refractivity contribution in [2.75, 3.05) is 7.11 Å². The van der Waals surface area contributed by atoms with Crippen LogP contribution in [0.5, 0.6) is 0 Å². The van der Waals surface area contributed by atoms with Gasteiger partial charge in [-0.2, -0.15) is 0 Å². The number of alkyl carbamates (subject to hydrolysis) is 1. The van der Waals surface area contributed by atoms with Crippen molar-refractivity contribution >= 4 is 12.1 Å². The average Bonchev–Trinajstić information content (AvgIpc) is 2.78. The number of cyclic esters (lactones) is 1. The Morgan fingerprint density at radius 2 is 1.83 bits per heavy atom. The fourth-order valence-electron chi connectivity index (χ4n) is 7.01. The Hall–Kier alpha value is -1.86. The lowest BCUT2D eigenvalue weighted by Gasteiger charge is -2.57. The van der Waals surface area contributed by atoms with Crippen LogP contribution in [-0.2, 0) is 19.0 Å². The van der Waals surface area contributed by atoms with Gasteiger partial charge >= 0.3 is 12.1 Å². The SMILES string of the molecule is CO[C@H]1C[C@H]2C=C[C@@H]3[C@@H]([C@H](O)[C@@H](C)C[C@@H]3C)[C@]2(C)/C(C)=C/[C@@H](C)[C@@H]([C@@H](C)OC(=O)NC(C)C)OC1=O. The van der Waals surface area contributed by atoms with Crippen molar-refractivity contribution in [1.29, 1.82) is 0 Å². The minimum atomic E-state index is -0.761. The zero-order chi connectivity index (χ0) is 26.9. The predicted octanol–water partition coefficient (Wildman–Crippen LogP) is 4.88. The molecule has 0 aromatic rings. The van der Waals surface area contributed by atoms with Crippen LogP contribution in [0.25, 0.3) is 0 Å². The number of hydrogen-bond donors (Lipinski definition) is 2. The van der Waals surface area contributed by atoms with Crippen LogP contribution in [0.15, 0.2) is 23.8 Å². The molecule has 0 saturated heterocycles. The van der Waals surface area contributed by atoms with Crippen LogP contribution < -0.4 is 5.32 Å². The number of aliphatic hydroxyl groups excluding tert-OH is 1. The number of ether oxygens (including phenoxy) is 3. The third kappa shape index (κ3) is 5.52. The van der Waals surface area contributed by atoms with Crippen molar-refractivity contribution in [3.05, 3.63) is 23.8 Å². The third-order valence-electron chi connectivity index (χ3n) is 9.11. The van der Waals surface area contributed by atoms with Crippen molar-refractivity contribution in [3.8, 4) is 0 Å². The molecule has 1 heterocycles. The maximum absolute atomic E-state index is 13.3. The van der Waals surface area contributed by atoms with Gasteiger partial charge in [0.2, 0.25) is 0 Å². The molecule has 1 amide bonds. The molecule has 11 atom stereocenters. The lowest BCUT2D eigenvalue weighted by Crippen LogP contribution is -2.55. The Labute approximate surface area is 217 Å². The Morgan fingerprint density at radius 1 is 1.17 bits per heavy atom. The van der Waals surface area contributed by atoms with E-state index in [0.29, 0.717) is 12.3 Å². The third-order valence-corrected chi connectivity index (χ3v) is 9.11. The molecule has 2 aliphatic carbocycles. The summed E-state index contributed by atoms with van der Waals surface area (Å²) in [4.78, 5) is 25.6. The number of carbonyl (C=O) groups excluding carboxylic acids is 2. The molecule has 0 spiro atoms. The lowest BCUT2D eigenvalue weighted by atomic mass is 9.49. The number of methoxy groups -OCH3 is 1. The van der Waals surface area contributed by atoms with Crippen LogP contribution in [0.3, 0.4) is 0 Å². The number of nitrogens with one attached hydrogen (secondary N) is 1. The monoisotopic (exact) mass is 505 g/mol. The molecule has 3 aliphatic rings. The zero-order valence-electron chi connectivity index (χ0n) is 23.5. The molecule has 1 fully saturated rings. The number of allylic oxidation sites excluding steroid dienone is 3. The highest BCUT2D eigenvalue weighted by molar-refractivity contribution is 5.75. The van der Waals surface area contributed by atoms with Crippen molar-refractivity contribution in [3.63, 3.8) is 0 Å². The van der Waals surface area contributed by atoms with Crippen LogP contribution in [0.1, 0.15) is 68.2 Å². The summed E-state index contributed by atoms with van der Waals surface area (Å²) in [5.41, 5.74) is 0.796. The van der Waals surface area contributed by atoms with Gasteiger partial charge in [-0.05, 0) is 64.2 Å². The summed E-state index contributed by atoms with van der Waals surface area (Å²) >= 11 is 0. The first-order valence-corrected chi connectivity index (χ1v) is 13.6. The molecular weight excluding hydrogens is 458 g/mol. The lowest BCUT2D eigenvalue weighted by molar-refractivity contribution is -0.171. The van der Waals surface area contributed by atoms with Crippen molar-refractivity contribution in [2.24, 2.45) is 40.9 Å². The van der Waals surface area contributed by atoms with Crippen LogP contribution in [0, 0.1) is 40.9 Å². The second-order valence-corrected chi connectivity index (χ2v) is 12.0. The van der Waals surface area contributed by atoms with E-state index in [1.165, 1.54) is 7.11 Å². The summed E-state index contributed by atoms with van der Waals surface area (Å²) in [6.45, 7) is 16.3. The second-order valence-electron chi connectivity index (χ2n) is 12.0. The molecule has 0 aromatic carbocycles. The van der Waals surface area contributed by atoms with Gasteiger partial charge in [-0.25, -0.2) is 9.59 Å². The largest absolute Gasteiger partial charge is 0.456 e. The van der Waals surface area contributed by atoms with Crippen molar-refractivity contribution in [1.82, 2.24) is 5.32 Å². The molecule has 0 unspecified atom stereocenters.